The highest BCUT2D eigenvalue weighted by Crippen LogP contribution is 2.33. The Morgan fingerprint density at radius 2 is 1.85 bits per heavy atom. The number of aromatic nitrogens is 3. The van der Waals surface area contributed by atoms with Gasteiger partial charge in [-0.1, -0.05) is 23.7 Å². The smallest absolute Gasteiger partial charge is 0.326 e. The number of nitrogens with zero attached hydrogens (tertiary/aromatic N) is 5. The summed E-state index contributed by atoms with van der Waals surface area (Å²) in [7, 11) is 0. The minimum absolute atomic E-state index is 0.0358. The van der Waals surface area contributed by atoms with Crippen LogP contribution >= 0.6 is 11.6 Å². The summed E-state index contributed by atoms with van der Waals surface area (Å²) in [5.74, 6) is -5.32. The normalized spacial score (nSPS) is 20.3. The molecule has 2 amide bonds. The summed E-state index contributed by atoms with van der Waals surface area (Å²) < 4.78 is 55.6. The minimum Gasteiger partial charge on any atom is -0.480 e. The van der Waals surface area contributed by atoms with E-state index in [1.54, 1.807) is 36.4 Å². The molecule has 0 spiro atoms. The fraction of sp³-hybridized carbons (Fsp3) is 0.432. The summed E-state index contributed by atoms with van der Waals surface area (Å²) in [6.07, 6.45) is 1.73. The highest BCUT2D eigenvalue weighted by molar-refractivity contribution is 6.30. The van der Waals surface area contributed by atoms with E-state index >= 15 is 0 Å². The number of alkyl halides is 2. The molecule has 3 aliphatic heterocycles. The maximum absolute atomic E-state index is 14.2. The van der Waals surface area contributed by atoms with Crippen LogP contribution in [-0.4, -0.2) is 98.1 Å². The number of carboxylic acids is 1. The van der Waals surface area contributed by atoms with Crippen LogP contribution in [0.3, 0.4) is 0 Å². The molecule has 0 aliphatic carbocycles. The third-order valence-corrected chi connectivity index (χ3v) is 10.3. The number of aliphatic carboxylic acids is 1. The van der Waals surface area contributed by atoms with Crippen molar-refractivity contribution in [3.63, 3.8) is 0 Å². The SMILES string of the molecule is O=C(NCC(=O)N1CC(F)(F)C[C@H]1C(=O)O)c1ccc2c(c1)nc(CN1CCC(c3cccc(OCc4ccc(Cl)cc4F)n3)CC1)n2C[C@@H]1CCO1. The van der Waals surface area contributed by atoms with Crippen molar-refractivity contribution in [2.45, 2.75) is 69.4 Å². The number of ether oxygens (including phenoxy) is 2. The highest BCUT2D eigenvalue weighted by Gasteiger charge is 2.50. The second-order valence-electron chi connectivity index (χ2n) is 13.7. The lowest BCUT2D eigenvalue weighted by Crippen LogP contribution is -2.45. The van der Waals surface area contributed by atoms with E-state index in [1.165, 1.54) is 6.07 Å². The van der Waals surface area contributed by atoms with E-state index in [-0.39, 0.29) is 24.2 Å². The molecule has 7 rings (SSSR count). The Kier molecular flexibility index (Phi) is 10.6. The van der Waals surface area contributed by atoms with Crippen molar-refractivity contribution in [2.24, 2.45) is 0 Å². The topological polar surface area (TPSA) is 139 Å². The predicted octanol–water partition coefficient (Wildman–Crippen LogP) is 5.02. The summed E-state index contributed by atoms with van der Waals surface area (Å²) in [6, 6.07) is 13.5. The Balaban J connectivity index is 0.984. The van der Waals surface area contributed by atoms with Gasteiger partial charge in [0.15, 0.2) is 0 Å². The van der Waals surface area contributed by atoms with E-state index in [0.29, 0.717) is 46.6 Å². The van der Waals surface area contributed by atoms with Gasteiger partial charge in [0.1, 0.15) is 24.3 Å². The number of likely N-dealkylation sites (tertiary alicyclic amines) is 2. The van der Waals surface area contributed by atoms with Gasteiger partial charge in [-0.15, -0.1) is 0 Å². The highest BCUT2D eigenvalue weighted by atomic mass is 35.5. The first kappa shape index (κ1) is 36.6. The molecule has 2 aromatic carbocycles. The molecule has 0 bridgehead atoms. The van der Waals surface area contributed by atoms with Crippen LogP contribution in [0.2, 0.25) is 5.02 Å². The van der Waals surface area contributed by atoms with Crippen molar-refractivity contribution in [3.05, 3.63) is 88.1 Å². The zero-order valence-electron chi connectivity index (χ0n) is 28.6. The molecule has 2 atom stereocenters. The van der Waals surface area contributed by atoms with Gasteiger partial charge in [0, 0.05) is 46.9 Å². The van der Waals surface area contributed by atoms with Gasteiger partial charge in [-0.05, 0) is 68.8 Å². The van der Waals surface area contributed by atoms with Crippen molar-refractivity contribution in [1.29, 1.82) is 0 Å². The number of carbonyl (C=O) groups excluding carboxylic acids is 2. The number of hydrogen-bond acceptors (Lipinski definition) is 8. The van der Waals surface area contributed by atoms with Gasteiger partial charge in [-0.2, -0.15) is 0 Å². The summed E-state index contributed by atoms with van der Waals surface area (Å²) in [4.78, 5) is 49.7. The third-order valence-electron chi connectivity index (χ3n) is 10.1. The van der Waals surface area contributed by atoms with Gasteiger partial charge < -0.3 is 29.4 Å². The first-order valence-electron chi connectivity index (χ1n) is 17.5. The maximum atomic E-state index is 14.2. The fourth-order valence-electron chi connectivity index (χ4n) is 7.05. The van der Waals surface area contributed by atoms with Crippen LogP contribution in [0.25, 0.3) is 11.0 Å². The van der Waals surface area contributed by atoms with Crippen molar-refractivity contribution in [3.8, 4) is 5.88 Å². The van der Waals surface area contributed by atoms with Crippen LogP contribution < -0.4 is 10.1 Å². The first-order valence-corrected chi connectivity index (χ1v) is 17.9. The molecule has 0 unspecified atom stereocenters. The molecule has 2 aromatic heterocycles. The zero-order chi connectivity index (χ0) is 37.3. The Morgan fingerprint density at radius 3 is 2.57 bits per heavy atom. The minimum atomic E-state index is -3.31. The molecule has 3 fully saturated rings. The van der Waals surface area contributed by atoms with Gasteiger partial charge in [-0.25, -0.2) is 27.9 Å². The van der Waals surface area contributed by atoms with Crippen LogP contribution in [0, 0.1) is 5.82 Å². The van der Waals surface area contributed by atoms with E-state index in [1.807, 2.05) is 12.1 Å². The number of carboxylic acid groups (broad SMARTS) is 1. The van der Waals surface area contributed by atoms with E-state index in [0.717, 1.165) is 49.4 Å². The number of rotatable bonds is 12. The van der Waals surface area contributed by atoms with Crippen molar-refractivity contribution in [2.75, 3.05) is 32.8 Å². The number of halogens is 4. The van der Waals surface area contributed by atoms with Crippen molar-refractivity contribution < 1.29 is 42.1 Å². The van der Waals surface area contributed by atoms with Gasteiger partial charge in [0.2, 0.25) is 11.8 Å². The summed E-state index contributed by atoms with van der Waals surface area (Å²) in [6.45, 7) is 1.86. The fourth-order valence-corrected chi connectivity index (χ4v) is 7.21. The zero-order valence-corrected chi connectivity index (χ0v) is 29.4. The number of piperidine rings is 1. The molecule has 16 heteroatoms. The summed E-state index contributed by atoms with van der Waals surface area (Å²) in [5, 5.41) is 12.1. The third kappa shape index (κ3) is 8.42. The number of pyridine rings is 1. The van der Waals surface area contributed by atoms with Crippen LogP contribution in [0.4, 0.5) is 13.2 Å². The van der Waals surface area contributed by atoms with Gasteiger partial charge in [0.05, 0.1) is 43.3 Å². The van der Waals surface area contributed by atoms with Crippen LogP contribution in [-0.2, 0) is 34.0 Å². The van der Waals surface area contributed by atoms with Crippen molar-refractivity contribution in [1.82, 2.24) is 29.7 Å². The van der Waals surface area contributed by atoms with E-state index in [9.17, 15) is 32.7 Å². The molecule has 3 aliphatic rings. The average Bonchev–Trinajstić information content (AvgIpc) is 3.64. The molecular formula is C37H38ClF3N6O6. The number of hydrogen-bond donors (Lipinski definition) is 2. The Hall–Kier alpha value is -4.73. The summed E-state index contributed by atoms with van der Waals surface area (Å²) in [5.41, 5.74) is 2.93. The lowest BCUT2D eigenvalue weighted by molar-refractivity contribution is -0.147. The molecular weight excluding hydrogens is 717 g/mol. The van der Waals surface area contributed by atoms with Gasteiger partial charge in [-0.3, -0.25) is 14.5 Å². The molecule has 0 radical (unpaired) electrons. The van der Waals surface area contributed by atoms with Crippen LogP contribution in [0.5, 0.6) is 5.88 Å². The van der Waals surface area contributed by atoms with E-state index in [4.69, 9.17) is 31.0 Å². The second-order valence-corrected chi connectivity index (χ2v) is 14.2. The van der Waals surface area contributed by atoms with Gasteiger partial charge >= 0.3 is 5.97 Å². The number of nitrogens with one attached hydrogen (secondary N) is 1. The standard InChI is InChI=1S/C37H38ClF3N6O6/c38-25-6-4-24(27(39)15-25)20-53-33-3-1-2-28(44-33)22-8-11-45(12-9-22)19-32-43-29-14-23(5-7-30(29)46(32)18-26-10-13-52-26)35(49)42-17-34(48)47-21-37(40,41)16-31(47)36(50)51/h1-7,14-15,22,26,31H,8-13,16-21H2,(H,42,49)(H,50,51)/t26-,31-/m0/s1. The number of carbonyl (C=O) groups is 3. The molecule has 12 nitrogen and oxygen atoms in total. The van der Waals surface area contributed by atoms with Gasteiger partial charge in [0.25, 0.3) is 11.8 Å². The lowest BCUT2D eigenvalue weighted by Gasteiger charge is -2.32. The molecule has 2 N–H and O–H groups in total. The molecule has 3 saturated heterocycles. The Bertz CT molecular complexity index is 2020. The van der Waals surface area contributed by atoms with Crippen LogP contribution in [0.15, 0.2) is 54.6 Å². The molecule has 280 valence electrons. The van der Waals surface area contributed by atoms with Crippen molar-refractivity contribution >= 4 is 40.4 Å². The second kappa shape index (κ2) is 15.3. The molecule has 5 heterocycles. The molecule has 0 saturated carbocycles. The average molecular weight is 755 g/mol. The Labute approximate surface area is 307 Å². The maximum Gasteiger partial charge on any atom is 0.326 e. The van der Waals surface area contributed by atoms with E-state index < -0.39 is 55.1 Å². The number of amides is 2. The molecule has 53 heavy (non-hydrogen) atoms. The number of imidazole rings is 1. The first-order chi connectivity index (χ1) is 25.4. The van der Waals surface area contributed by atoms with Crippen LogP contribution in [0.1, 0.15) is 59.0 Å². The summed E-state index contributed by atoms with van der Waals surface area (Å²) >= 11 is 5.86. The van der Waals surface area contributed by atoms with E-state index in [2.05, 4.69) is 14.8 Å². The predicted molar refractivity (Wildman–Crippen MR) is 186 cm³/mol. The Morgan fingerprint density at radius 1 is 1.06 bits per heavy atom. The number of fused-ring (bicyclic) bond motifs is 1. The monoisotopic (exact) mass is 754 g/mol. The largest absolute Gasteiger partial charge is 0.480 e. The quantitative estimate of drug-likeness (QED) is 0.204. The molecule has 4 aromatic rings. The number of benzene rings is 2. The lowest BCUT2D eigenvalue weighted by atomic mass is 9.93.